The van der Waals surface area contributed by atoms with Gasteiger partial charge in [0.25, 0.3) is 0 Å². The Hall–Kier alpha value is -2.54. The zero-order chi connectivity index (χ0) is 20.8. The highest BCUT2D eigenvalue weighted by atomic mass is 16.2. The van der Waals surface area contributed by atoms with Gasteiger partial charge in [0.1, 0.15) is 0 Å². The van der Waals surface area contributed by atoms with E-state index in [1.807, 2.05) is 0 Å². The number of aryl methyl sites for hydroxylation is 1. The van der Waals surface area contributed by atoms with Gasteiger partial charge < -0.3 is 20.5 Å². The SMILES string of the molecule is CCNC(=NCCCc1c[nH]c2ccccc12)N1CCN(CC(=O)NC2CC2)CC1. The average Bonchev–Trinajstić information content (AvgIpc) is 3.48. The van der Waals surface area contributed by atoms with Crippen LogP contribution in [0, 0.1) is 0 Å². The summed E-state index contributed by atoms with van der Waals surface area (Å²) in [5.41, 5.74) is 2.57. The minimum Gasteiger partial charge on any atom is -0.361 e. The zero-order valence-corrected chi connectivity index (χ0v) is 18.0. The quantitative estimate of drug-likeness (QED) is 0.353. The van der Waals surface area contributed by atoms with Gasteiger partial charge in [-0.05, 0) is 44.2 Å². The summed E-state index contributed by atoms with van der Waals surface area (Å²) in [4.78, 5) is 24.8. The highest BCUT2D eigenvalue weighted by Gasteiger charge is 2.25. The molecular weight excluding hydrogens is 376 g/mol. The summed E-state index contributed by atoms with van der Waals surface area (Å²) >= 11 is 0. The molecule has 2 aromatic rings. The smallest absolute Gasteiger partial charge is 0.234 e. The lowest BCUT2D eigenvalue weighted by Gasteiger charge is -2.36. The van der Waals surface area contributed by atoms with Crippen LogP contribution >= 0.6 is 0 Å². The number of piperazine rings is 1. The third kappa shape index (κ3) is 5.53. The van der Waals surface area contributed by atoms with Crippen molar-refractivity contribution in [3.05, 3.63) is 36.0 Å². The van der Waals surface area contributed by atoms with Gasteiger partial charge in [0.15, 0.2) is 5.96 Å². The maximum Gasteiger partial charge on any atom is 0.234 e. The molecule has 1 aromatic carbocycles. The number of amides is 1. The van der Waals surface area contributed by atoms with E-state index in [1.165, 1.54) is 16.5 Å². The van der Waals surface area contributed by atoms with Gasteiger partial charge in [-0.25, -0.2) is 0 Å². The van der Waals surface area contributed by atoms with E-state index in [0.717, 1.165) is 70.9 Å². The van der Waals surface area contributed by atoms with Crippen LogP contribution < -0.4 is 10.6 Å². The van der Waals surface area contributed by atoms with Crippen molar-refractivity contribution >= 4 is 22.8 Å². The van der Waals surface area contributed by atoms with E-state index < -0.39 is 0 Å². The molecule has 2 aliphatic rings. The molecule has 1 aliphatic heterocycles. The largest absolute Gasteiger partial charge is 0.361 e. The number of aromatic amines is 1. The normalized spacial score (nSPS) is 18.0. The van der Waals surface area contributed by atoms with Gasteiger partial charge in [0.05, 0.1) is 6.54 Å². The lowest BCUT2D eigenvalue weighted by molar-refractivity contribution is -0.122. The van der Waals surface area contributed by atoms with Crippen molar-refractivity contribution in [1.82, 2.24) is 25.4 Å². The first-order chi connectivity index (χ1) is 14.7. The molecule has 1 saturated carbocycles. The van der Waals surface area contributed by atoms with E-state index in [2.05, 4.69) is 62.8 Å². The topological polar surface area (TPSA) is 75.8 Å². The van der Waals surface area contributed by atoms with E-state index >= 15 is 0 Å². The molecule has 7 nitrogen and oxygen atoms in total. The number of hydrogen-bond acceptors (Lipinski definition) is 3. The van der Waals surface area contributed by atoms with Gasteiger partial charge in [-0.3, -0.25) is 14.7 Å². The highest BCUT2D eigenvalue weighted by molar-refractivity contribution is 5.83. The molecule has 3 N–H and O–H groups in total. The molecule has 1 saturated heterocycles. The number of carbonyl (C=O) groups excluding carboxylic acids is 1. The molecule has 162 valence electrons. The molecule has 1 aliphatic carbocycles. The molecule has 0 unspecified atom stereocenters. The Morgan fingerprint density at radius 2 is 2.00 bits per heavy atom. The number of nitrogens with one attached hydrogen (secondary N) is 3. The van der Waals surface area contributed by atoms with Gasteiger partial charge in [-0.15, -0.1) is 0 Å². The van der Waals surface area contributed by atoms with E-state index in [1.54, 1.807) is 0 Å². The number of rotatable bonds is 8. The molecule has 0 bridgehead atoms. The van der Waals surface area contributed by atoms with Gasteiger partial charge in [0.2, 0.25) is 5.91 Å². The van der Waals surface area contributed by atoms with Crippen LogP contribution in [0.25, 0.3) is 10.9 Å². The Balaban J connectivity index is 1.24. The predicted molar refractivity (Wildman–Crippen MR) is 122 cm³/mol. The van der Waals surface area contributed by atoms with Crippen LogP contribution in [0.3, 0.4) is 0 Å². The fourth-order valence-electron chi connectivity index (χ4n) is 4.04. The summed E-state index contributed by atoms with van der Waals surface area (Å²) < 4.78 is 0. The standard InChI is InChI=1S/C23H34N6O/c1-2-24-23(25-11-5-6-18-16-26-21-8-4-3-7-20(18)21)29-14-12-28(13-15-29)17-22(30)27-19-9-10-19/h3-4,7-8,16,19,26H,2,5-6,9-15,17H2,1H3,(H,24,25)(H,27,30). The van der Waals surface area contributed by atoms with Gasteiger partial charge in [0, 0.05) is 62.4 Å². The average molecular weight is 411 g/mol. The molecule has 2 heterocycles. The Morgan fingerprint density at radius 1 is 1.20 bits per heavy atom. The van der Waals surface area contributed by atoms with Crippen LogP contribution in [0.15, 0.2) is 35.5 Å². The molecule has 7 heteroatoms. The van der Waals surface area contributed by atoms with Crippen molar-refractivity contribution < 1.29 is 4.79 Å². The number of fused-ring (bicyclic) bond motifs is 1. The number of guanidine groups is 1. The molecular formula is C23H34N6O. The van der Waals surface area contributed by atoms with Gasteiger partial charge >= 0.3 is 0 Å². The summed E-state index contributed by atoms with van der Waals surface area (Å²) in [6.07, 6.45) is 6.46. The first kappa shape index (κ1) is 20.7. The Labute approximate surface area is 178 Å². The lowest BCUT2D eigenvalue weighted by Crippen LogP contribution is -2.54. The molecule has 0 radical (unpaired) electrons. The van der Waals surface area contributed by atoms with E-state index in [0.29, 0.717) is 12.6 Å². The van der Waals surface area contributed by atoms with E-state index in [9.17, 15) is 4.79 Å². The van der Waals surface area contributed by atoms with Crippen molar-refractivity contribution in [2.75, 3.05) is 45.8 Å². The zero-order valence-electron chi connectivity index (χ0n) is 18.0. The number of H-pyrrole nitrogens is 1. The minimum absolute atomic E-state index is 0.170. The monoisotopic (exact) mass is 410 g/mol. The highest BCUT2D eigenvalue weighted by Crippen LogP contribution is 2.19. The van der Waals surface area contributed by atoms with Crippen LogP contribution in [0.2, 0.25) is 0 Å². The summed E-state index contributed by atoms with van der Waals surface area (Å²) in [7, 11) is 0. The van der Waals surface area contributed by atoms with Crippen molar-refractivity contribution in [1.29, 1.82) is 0 Å². The number of benzene rings is 1. The van der Waals surface area contributed by atoms with E-state index in [4.69, 9.17) is 4.99 Å². The second-order valence-corrected chi connectivity index (χ2v) is 8.30. The molecule has 0 atom stereocenters. The number of hydrogen-bond donors (Lipinski definition) is 3. The van der Waals surface area contributed by atoms with Crippen LogP contribution in [-0.4, -0.2) is 78.5 Å². The third-order valence-corrected chi connectivity index (χ3v) is 5.86. The summed E-state index contributed by atoms with van der Waals surface area (Å²) in [6, 6.07) is 8.90. The molecule has 0 spiro atoms. The van der Waals surface area contributed by atoms with Crippen molar-refractivity contribution in [3.63, 3.8) is 0 Å². The number of nitrogens with zero attached hydrogens (tertiary/aromatic N) is 3. The number of aromatic nitrogens is 1. The van der Waals surface area contributed by atoms with Crippen LogP contribution in [0.5, 0.6) is 0 Å². The number of aliphatic imine (C=N–C) groups is 1. The summed E-state index contributed by atoms with van der Waals surface area (Å²) in [5.74, 6) is 1.17. The van der Waals surface area contributed by atoms with Crippen molar-refractivity contribution in [3.8, 4) is 0 Å². The second-order valence-electron chi connectivity index (χ2n) is 8.30. The fraction of sp³-hybridized carbons (Fsp3) is 0.565. The van der Waals surface area contributed by atoms with Crippen LogP contribution in [0.1, 0.15) is 31.7 Å². The van der Waals surface area contributed by atoms with Crippen molar-refractivity contribution in [2.45, 2.75) is 38.6 Å². The third-order valence-electron chi connectivity index (χ3n) is 5.86. The maximum atomic E-state index is 12.0. The summed E-state index contributed by atoms with van der Waals surface area (Å²) in [5, 5.41) is 7.83. The first-order valence-electron chi connectivity index (χ1n) is 11.3. The maximum absolute atomic E-state index is 12.0. The number of carbonyl (C=O) groups is 1. The van der Waals surface area contributed by atoms with Gasteiger partial charge in [-0.2, -0.15) is 0 Å². The van der Waals surface area contributed by atoms with Crippen molar-refractivity contribution in [2.24, 2.45) is 4.99 Å². The molecule has 2 fully saturated rings. The fourth-order valence-corrected chi connectivity index (χ4v) is 4.04. The summed E-state index contributed by atoms with van der Waals surface area (Å²) in [6.45, 7) is 7.92. The number of para-hydroxylation sites is 1. The molecule has 1 aromatic heterocycles. The Morgan fingerprint density at radius 3 is 2.77 bits per heavy atom. The predicted octanol–water partition coefficient (Wildman–Crippen LogP) is 1.96. The van der Waals surface area contributed by atoms with Crippen LogP contribution in [0.4, 0.5) is 0 Å². The minimum atomic E-state index is 0.170. The second kappa shape index (κ2) is 9.98. The lowest BCUT2D eigenvalue weighted by atomic mass is 10.1. The molecule has 4 rings (SSSR count). The van der Waals surface area contributed by atoms with E-state index in [-0.39, 0.29) is 5.91 Å². The first-order valence-corrected chi connectivity index (χ1v) is 11.3. The molecule has 1 amide bonds. The Bertz CT molecular complexity index is 863. The molecule has 30 heavy (non-hydrogen) atoms. The van der Waals surface area contributed by atoms with Crippen LogP contribution in [-0.2, 0) is 11.2 Å². The Kier molecular flexibility index (Phi) is 6.89. The van der Waals surface area contributed by atoms with Gasteiger partial charge in [-0.1, -0.05) is 18.2 Å².